The van der Waals surface area contributed by atoms with Crippen molar-refractivity contribution in [1.82, 2.24) is 15.0 Å². The number of hydrogen-bond donors (Lipinski definition) is 0. The van der Waals surface area contributed by atoms with Crippen LogP contribution in [-0.4, -0.2) is 34.1 Å². The number of nitrogens with zero attached hydrogens (tertiary/aromatic N) is 3. The third-order valence-corrected chi connectivity index (χ3v) is 4.39. The second kappa shape index (κ2) is 7.03. The van der Waals surface area contributed by atoms with E-state index in [1.165, 1.54) is 0 Å². The molecule has 1 saturated heterocycles. The number of rotatable bonds is 6. The molecule has 3 heterocycles. The highest BCUT2D eigenvalue weighted by atomic mass is 16.5. The van der Waals surface area contributed by atoms with Gasteiger partial charge in [-0.05, 0) is 25.1 Å². The van der Waals surface area contributed by atoms with Crippen molar-refractivity contribution in [2.45, 2.75) is 25.8 Å². The molecule has 3 aromatic rings. The van der Waals surface area contributed by atoms with Gasteiger partial charge in [-0.15, -0.1) is 0 Å². The van der Waals surface area contributed by atoms with E-state index in [0.717, 1.165) is 11.3 Å². The third kappa shape index (κ3) is 3.20. The number of amides is 1. The van der Waals surface area contributed by atoms with Gasteiger partial charge in [-0.3, -0.25) is 4.79 Å². The first kappa shape index (κ1) is 16.4. The van der Waals surface area contributed by atoms with Crippen LogP contribution in [0.4, 0.5) is 0 Å². The van der Waals surface area contributed by atoms with Crippen molar-refractivity contribution in [3.05, 3.63) is 54.0 Å². The third-order valence-electron chi connectivity index (χ3n) is 4.39. The SMILES string of the molecule is CCOc1ccccc1CN1CC(c2noc(-c3ccco3)n2)CC1=O. The van der Waals surface area contributed by atoms with E-state index in [2.05, 4.69) is 10.1 Å². The maximum Gasteiger partial charge on any atom is 0.293 e. The Kier molecular flexibility index (Phi) is 4.43. The molecule has 1 aliphatic rings. The van der Waals surface area contributed by atoms with Crippen LogP contribution in [0.15, 0.2) is 51.6 Å². The molecule has 4 rings (SSSR count). The van der Waals surface area contributed by atoms with E-state index in [-0.39, 0.29) is 11.8 Å². The predicted molar refractivity (Wildman–Crippen MR) is 92.4 cm³/mol. The summed E-state index contributed by atoms with van der Waals surface area (Å²) in [5, 5.41) is 4.03. The van der Waals surface area contributed by atoms with Gasteiger partial charge < -0.3 is 18.6 Å². The highest BCUT2D eigenvalue weighted by Gasteiger charge is 2.34. The first-order chi connectivity index (χ1) is 12.7. The quantitative estimate of drug-likeness (QED) is 0.677. The fourth-order valence-electron chi connectivity index (χ4n) is 3.14. The van der Waals surface area contributed by atoms with Crippen LogP contribution in [0.3, 0.4) is 0 Å². The molecule has 1 amide bonds. The van der Waals surface area contributed by atoms with E-state index in [1.54, 1.807) is 18.4 Å². The summed E-state index contributed by atoms with van der Waals surface area (Å²) in [4.78, 5) is 18.6. The summed E-state index contributed by atoms with van der Waals surface area (Å²) in [6.45, 7) is 3.59. The number of para-hydroxylation sites is 1. The number of benzene rings is 1. The van der Waals surface area contributed by atoms with Crippen LogP contribution in [0.5, 0.6) is 5.75 Å². The van der Waals surface area contributed by atoms with Crippen molar-refractivity contribution in [3.8, 4) is 17.4 Å². The van der Waals surface area contributed by atoms with Crippen LogP contribution in [-0.2, 0) is 11.3 Å². The number of carbonyl (C=O) groups is 1. The predicted octanol–water partition coefficient (Wildman–Crippen LogP) is 3.24. The summed E-state index contributed by atoms with van der Waals surface area (Å²) in [6, 6.07) is 11.3. The van der Waals surface area contributed by atoms with Gasteiger partial charge in [0.05, 0.1) is 12.9 Å². The standard InChI is InChI=1S/C19H19N3O4/c1-2-24-15-7-4-3-6-13(15)11-22-12-14(10-17(22)23)18-20-19(26-21-18)16-8-5-9-25-16/h3-9,14H,2,10-12H2,1H3. The average molecular weight is 353 g/mol. The minimum absolute atomic E-state index is 0.0747. The van der Waals surface area contributed by atoms with Crippen LogP contribution >= 0.6 is 0 Å². The molecule has 0 radical (unpaired) electrons. The number of ether oxygens (including phenoxy) is 1. The first-order valence-electron chi connectivity index (χ1n) is 8.60. The normalized spacial score (nSPS) is 17.0. The van der Waals surface area contributed by atoms with Crippen molar-refractivity contribution in [3.63, 3.8) is 0 Å². The molecule has 2 aromatic heterocycles. The van der Waals surface area contributed by atoms with E-state index >= 15 is 0 Å². The van der Waals surface area contributed by atoms with Crippen molar-refractivity contribution in [1.29, 1.82) is 0 Å². The van der Waals surface area contributed by atoms with Gasteiger partial charge in [0.1, 0.15) is 5.75 Å². The summed E-state index contributed by atoms with van der Waals surface area (Å²) < 4.78 is 16.2. The Morgan fingerprint density at radius 1 is 1.27 bits per heavy atom. The summed E-state index contributed by atoms with van der Waals surface area (Å²) in [5.41, 5.74) is 0.993. The highest BCUT2D eigenvalue weighted by molar-refractivity contribution is 5.79. The topological polar surface area (TPSA) is 81.6 Å². The molecule has 0 spiro atoms. The van der Waals surface area contributed by atoms with E-state index in [0.29, 0.717) is 43.6 Å². The van der Waals surface area contributed by atoms with Crippen LogP contribution < -0.4 is 4.74 Å². The van der Waals surface area contributed by atoms with E-state index < -0.39 is 0 Å². The lowest BCUT2D eigenvalue weighted by atomic mass is 10.1. The maximum absolute atomic E-state index is 12.4. The Morgan fingerprint density at radius 2 is 2.15 bits per heavy atom. The highest BCUT2D eigenvalue weighted by Crippen LogP contribution is 2.30. The second-order valence-electron chi connectivity index (χ2n) is 6.15. The Morgan fingerprint density at radius 3 is 2.96 bits per heavy atom. The van der Waals surface area contributed by atoms with Gasteiger partial charge in [0.25, 0.3) is 5.89 Å². The van der Waals surface area contributed by atoms with Gasteiger partial charge in [-0.2, -0.15) is 4.98 Å². The molecule has 1 aromatic carbocycles. The zero-order valence-electron chi connectivity index (χ0n) is 14.4. The zero-order valence-corrected chi connectivity index (χ0v) is 14.4. The molecule has 134 valence electrons. The molecular formula is C19H19N3O4. The Labute approximate surface area is 150 Å². The summed E-state index contributed by atoms with van der Waals surface area (Å²) in [5.74, 6) is 2.18. The number of likely N-dealkylation sites (tertiary alicyclic amines) is 1. The Hall–Kier alpha value is -3.09. The number of furan rings is 1. The lowest BCUT2D eigenvalue weighted by Crippen LogP contribution is -2.24. The summed E-state index contributed by atoms with van der Waals surface area (Å²) in [6.07, 6.45) is 1.92. The molecule has 1 atom stereocenters. The van der Waals surface area contributed by atoms with Crippen LogP contribution in [0.25, 0.3) is 11.7 Å². The van der Waals surface area contributed by atoms with E-state index in [4.69, 9.17) is 13.7 Å². The zero-order chi connectivity index (χ0) is 17.9. The minimum atomic E-state index is -0.0887. The lowest BCUT2D eigenvalue weighted by Gasteiger charge is -2.18. The van der Waals surface area contributed by atoms with E-state index in [9.17, 15) is 4.79 Å². The molecule has 0 N–H and O–H groups in total. The lowest BCUT2D eigenvalue weighted by molar-refractivity contribution is -0.128. The molecule has 26 heavy (non-hydrogen) atoms. The summed E-state index contributed by atoms with van der Waals surface area (Å²) in [7, 11) is 0. The van der Waals surface area contributed by atoms with Gasteiger partial charge in [0.15, 0.2) is 11.6 Å². The number of hydrogen-bond acceptors (Lipinski definition) is 6. The van der Waals surface area contributed by atoms with Gasteiger partial charge in [0.2, 0.25) is 5.91 Å². The van der Waals surface area contributed by atoms with Crippen LogP contribution in [0.1, 0.15) is 30.7 Å². The van der Waals surface area contributed by atoms with Gasteiger partial charge >= 0.3 is 0 Å². The Bertz CT molecular complexity index is 888. The van der Waals surface area contributed by atoms with Crippen molar-refractivity contribution >= 4 is 5.91 Å². The fourth-order valence-corrected chi connectivity index (χ4v) is 3.14. The molecule has 0 aliphatic carbocycles. The van der Waals surface area contributed by atoms with Gasteiger partial charge in [-0.1, -0.05) is 23.4 Å². The van der Waals surface area contributed by atoms with Crippen molar-refractivity contribution < 1.29 is 18.5 Å². The smallest absolute Gasteiger partial charge is 0.293 e. The van der Waals surface area contributed by atoms with Gasteiger partial charge in [-0.25, -0.2) is 0 Å². The molecule has 7 nitrogen and oxygen atoms in total. The molecule has 1 unspecified atom stereocenters. The monoisotopic (exact) mass is 353 g/mol. The van der Waals surface area contributed by atoms with E-state index in [1.807, 2.05) is 36.1 Å². The minimum Gasteiger partial charge on any atom is -0.494 e. The largest absolute Gasteiger partial charge is 0.494 e. The van der Waals surface area contributed by atoms with Crippen LogP contribution in [0.2, 0.25) is 0 Å². The molecule has 1 aliphatic heterocycles. The molecule has 0 bridgehead atoms. The average Bonchev–Trinajstić information content (AvgIpc) is 3.38. The Balaban J connectivity index is 1.48. The van der Waals surface area contributed by atoms with Crippen molar-refractivity contribution in [2.24, 2.45) is 0 Å². The van der Waals surface area contributed by atoms with Gasteiger partial charge in [0, 0.05) is 31.0 Å². The molecule has 7 heteroatoms. The maximum atomic E-state index is 12.4. The summed E-state index contributed by atoms with van der Waals surface area (Å²) >= 11 is 0. The van der Waals surface area contributed by atoms with Crippen LogP contribution in [0, 0.1) is 0 Å². The van der Waals surface area contributed by atoms with Crippen molar-refractivity contribution in [2.75, 3.05) is 13.2 Å². The molecule has 1 fully saturated rings. The molecule has 0 saturated carbocycles. The second-order valence-corrected chi connectivity index (χ2v) is 6.15. The number of carbonyl (C=O) groups excluding carboxylic acids is 1. The first-order valence-corrected chi connectivity index (χ1v) is 8.60. The number of aromatic nitrogens is 2. The fraction of sp³-hybridized carbons (Fsp3) is 0.316. The molecular weight excluding hydrogens is 334 g/mol.